The van der Waals surface area contributed by atoms with Gasteiger partial charge in [0.05, 0.1) is 29.0 Å². The van der Waals surface area contributed by atoms with Gasteiger partial charge in [-0.25, -0.2) is 4.98 Å². The number of aromatic nitrogens is 2. The second-order valence-electron chi connectivity index (χ2n) is 8.87. The molecule has 1 N–H and O–H groups in total. The van der Waals surface area contributed by atoms with Crippen molar-refractivity contribution in [2.45, 2.75) is 44.3 Å². The highest BCUT2D eigenvalue weighted by Crippen LogP contribution is 2.38. The molecule has 3 heterocycles. The molecular weight excluding hydrogens is 404 g/mol. The van der Waals surface area contributed by atoms with Crippen molar-refractivity contribution in [1.29, 1.82) is 0 Å². The van der Waals surface area contributed by atoms with Gasteiger partial charge in [-0.05, 0) is 43.5 Å². The lowest BCUT2D eigenvalue weighted by atomic mass is 9.84. The first-order valence-electron chi connectivity index (χ1n) is 11.2. The van der Waals surface area contributed by atoms with Gasteiger partial charge in [0.2, 0.25) is 5.91 Å². The predicted octanol–water partition coefficient (Wildman–Crippen LogP) is 3.35. The van der Waals surface area contributed by atoms with E-state index >= 15 is 0 Å². The number of nitrogens with zero attached hydrogens (tertiary/aromatic N) is 3. The van der Waals surface area contributed by atoms with Crippen molar-refractivity contribution in [2.75, 3.05) is 13.2 Å². The molecule has 0 aliphatic carbocycles. The monoisotopic (exact) mass is 432 g/mol. The predicted molar refractivity (Wildman–Crippen MR) is 121 cm³/mol. The van der Waals surface area contributed by atoms with Gasteiger partial charge in [-0.3, -0.25) is 9.59 Å². The van der Waals surface area contributed by atoms with E-state index < -0.39 is 5.54 Å². The van der Waals surface area contributed by atoms with Crippen LogP contribution in [0.25, 0.3) is 11.0 Å². The summed E-state index contributed by atoms with van der Waals surface area (Å²) in [4.78, 5) is 33.1. The number of imidazole rings is 1. The van der Waals surface area contributed by atoms with Gasteiger partial charge in [-0.1, -0.05) is 30.3 Å². The molecule has 5 rings (SSSR count). The highest BCUT2D eigenvalue weighted by molar-refractivity contribution is 5.99. The van der Waals surface area contributed by atoms with Crippen molar-refractivity contribution in [3.05, 3.63) is 65.5 Å². The molecule has 7 heteroatoms. The fraction of sp³-hybridized carbons (Fsp3) is 0.400. The van der Waals surface area contributed by atoms with Crippen molar-refractivity contribution >= 4 is 22.8 Å². The summed E-state index contributed by atoms with van der Waals surface area (Å²) in [5.74, 6) is 0.749. The van der Waals surface area contributed by atoms with Crippen LogP contribution in [0.3, 0.4) is 0 Å². The van der Waals surface area contributed by atoms with Crippen molar-refractivity contribution in [3.8, 4) is 0 Å². The Hall–Kier alpha value is -3.19. The van der Waals surface area contributed by atoms with Crippen LogP contribution >= 0.6 is 0 Å². The van der Waals surface area contributed by atoms with Gasteiger partial charge in [0, 0.05) is 32.4 Å². The Morgan fingerprint density at radius 2 is 1.88 bits per heavy atom. The number of para-hydroxylation sites is 2. The van der Waals surface area contributed by atoms with Gasteiger partial charge >= 0.3 is 0 Å². The standard InChI is InChI=1S/C25H28N4O3/c1-17(23-27-20-9-5-6-10-21(20)28(23)2)26-22(30)15-25(11-13-32-14-12-25)29-16-18-7-3-4-8-19(18)24(29)31/h3-10,17H,11-16H2,1-2H3,(H,26,30). The maximum Gasteiger partial charge on any atom is 0.254 e. The van der Waals surface area contributed by atoms with Crippen LogP contribution in [0.1, 0.15) is 54.0 Å². The van der Waals surface area contributed by atoms with E-state index in [1.807, 2.05) is 72.0 Å². The number of hydrogen-bond acceptors (Lipinski definition) is 4. The molecule has 2 aromatic carbocycles. The maximum absolute atomic E-state index is 13.2. The van der Waals surface area contributed by atoms with Crippen molar-refractivity contribution in [2.24, 2.45) is 7.05 Å². The van der Waals surface area contributed by atoms with Gasteiger partial charge in [0.15, 0.2) is 0 Å². The topological polar surface area (TPSA) is 76.5 Å². The summed E-state index contributed by atoms with van der Waals surface area (Å²) in [5.41, 5.74) is 3.17. The molecule has 1 atom stereocenters. The number of amides is 2. The normalized spacial score (nSPS) is 18.6. The van der Waals surface area contributed by atoms with Crippen LogP contribution in [0, 0.1) is 0 Å². The third-order valence-electron chi connectivity index (χ3n) is 6.89. The molecule has 1 unspecified atom stereocenters. The number of fused-ring (bicyclic) bond motifs is 2. The van der Waals surface area contributed by atoms with E-state index in [1.54, 1.807) is 0 Å². The summed E-state index contributed by atoms with van der Waals surface area (Å²) in [6.45, 7) is 3.59. The van der Waals surface area contributed by atoms with E-state index in [9.17, 15) is 9.59 Å². The first-order valence-corrected chi connectivity index (χ1v) is 11.2. The highest BCUT2D eigenvalue weighted by atomic mass is 16.5. The molecule has 2 aliphatic rings. The van der Waals surface area contributed by atoms with Crippen LogP contribution < -0.4 is 5.32 Å². The Labute approximate surface area is 187 Å². The molecule has 0 bridgehead atoms. The molecule has 1 saturated heterocycles. The van der Waals surface area contributed by atoms with E-state index in [0.717, 1.165) is 28.0 Å². The molecule has 0 saturated carbocycles. The molecule has 1 aromatic heterocycles. The summed E-state index contributed by atoms with van der Waals surface area (Å²) in [6, 6.07) is 15.4. The summed E-state index contributed by atoms with van der Waals surface area (Å²) >= 11 is 0. The first kappa shape index (κ1) is 20.7. The van der Waals surface area contributed by atoms with Gasteiger partial charge in [0.25, 0.3) is 5.91 Å². The molecule has 2 aliphatic heterocycles. The largest absolute Gasteiger partial charge is 0.381 e. The number of hydrogen-bond donors (Lipinski definition) is 1. The Morgan fingerprint density at radius 3 is 2.62 bits per heavy atom. The van der Waals surface area contributed by atoms with Crippen molar-refractivity contribution in [3.63, 3.8) is 0 Å². The highest BCUT2D eigenvalue weighted by Gasteiger charge is 2.46. The number of ether oxygens (including phenoxy) is 1. The molecule has 1 fully saturated rings. The smallest absolute Gasteiger partial charge is 0.254 e. The summed E-state index contributed by atoms with van der Waals surface area (Å²) in [7, 11) is 1.97. The number of benzene rings is 2. The SMILES string of the molecule is CC(NC(=O)CC1(N2Cc3ccccc3C2=O)CCOCC1)c1nc2ccccc2n1C. The Morgan fingerprint density at radius 1 is 1.16 bits per heavy atom. The van der Waals surface area contributed by atoms with E-state index in [4.69, 9.17) is 9.72 Å². The van der Waals surface area contributed by atoms with Crippen LogP contribution in [-0.2, 0) is 23.1 Å². The van der Waals surface area contributed by atoms with Crippen LogP contribution in [0.4, 0.5) is 0 Å². The lowest BCUT2D eigenvalue weighted by Crippen LogP contribution is -2.54. The van der Waals surface area contributed by atoms with Crippen molar-refractivity contribution in [1.82, 2.24) is 19.8 Å². The maximum atomic E-state index is 13.2. The van der Waals surface area contributed by atoms with Gasteiger partial charge < -0.3 is 19.5 Å². The number of aryl methyl sites for hydroxylation is 1. The van der Waals surface area contributed by atoms with E-state index in [-0.39, 0.29) is 24.3 Å². The average Bonchev–Trinajstić information content (AvgIpc) is 3.32. The molecule has 7 nitrogen and oxygen atoms in total. The molecule has 32 heavy (non-hydrogen) atoms. The van der Waals surface area contributed by atoms with Gasteiger partial charge in [-0.15, -0.1) is 0 Å². The summed E-state index contributed by atoms with van der Waals surface area (Å²) in [5, 5.41) is 3.13. The fourth-order valence-electron chi connectivity index (χ4n) is 5.14. The Kier molecular flexibility index (Phi) is 5.21. The van der Waals surface area contributed by atoms with E-state index in [1.165, 1.54) is 0 Å². The number of nitrogens with one attached hydrogen (secondary N) is 1. The molecule has 2 amide bonds. The van der Waals surface area contributed by atoms with Crippen LogP contribution in [0.2, 0.25) is 0 Å². The van der Waals surface area contributed by atoms with Gasteiger partial charge in [0.1, 0.15) is 5.82 Å². The first-order chi connectivity index (χ1) is 15.5. The molecule has 166 valence electrons. The minimum absolute atomic E-state index is 0.0127. The zero-order chi connectivity index (χ0) is 22.3. The third kappa shape index (κ3) is 3.46. The summed E-state index contributed by atoms with van der Waals surface area (Å²) < 4.78 is 7.61. The lowest BCUT2D eigenvalue weighted by Gasteiger charge is -2.44. The Balaban J connectivity index is 1.36. The minimum Gasteiger partial charge on any atom is -0.381 e. The third-order valence-corrected chi connectivity index (χ3v) is 6.89. The lowest BCUT2D eigenvalue weighted by molar-refractivity contribution is -0.126. The van der Waals surface area contributed by atoms with Crippen LogP contribution in [0.15, 0.2) is 48.5 Å². The second kappa shape index (κ2) is 8.06. The van der Waals surface area contributed by atoms with Crippen molar-refractivity contribution < 1.29 is 14.3 Å². The molecular formula is C25H28N4O3. The zero-order valence-electron chi connectivity index (χ0n) is 18.5. The van der Waals surface area contributed by atoms with Gasteiger partial charge in [-0.2, -0.15) is 0 Å². The number of carbonyl (C=O) groups excluding carboxylic acids is 2. The molecule has 3 aromatic rings. The average molecular weight is 433 g/mol. The Bertz CT molecular complexity index is 1180. The van der Waals surface area contributed by atoms with Crippen LogP contribution in [-0.4, -0.2) is 45.0 Å². The molecule has 0 spiro atoms. The number of rotatable bonds is 5. The van der Waals surface area contributed by atoms with E-state index in [0.29, 0.717) is 32.6 Å². The fourth-order valence-corrected chi connectivity index (χ4v) is 5.14. The second-order valence-corrected chi connectivity index (χ2v) is 8.87. The summed E-state index contributed by atoms with van der Waals surface area (Å²) in [6.07, 6.45) is 1.56. The van der Waals surface area contributed by atoms with E-state index in [2.05, 4.69) is 5.32 Å². The van der Waals surface area contributed by atoms with Crippen LogP contribution in [0.5, 0.6) is 0 Å². The quantitative estimate of drug-likeness (QED) is 0.671. The molecule has 0 radical (unpaired) electrons. The zero-order valence-corrected chi connectivity index (χ0v) is 18.5. The minimum atomic E-state index is -0.537. The number of carbonyl (C=O) groups is 2.